The third kappa shape index (κ3) is 5.15. The molecular formula is C14H29ClN2O. The van der Waals surface area contributed by atoms with Gasteiger partial charge in [0.25, 0.3) is 0 Å². The Morgan fingerprint density at radius 3 is 2.22 bits per heavy atom. The van der Waals surface area contributed by atoms with Crippen LogP contribution < -0.4 is 5.32 Å². The lowest BCUT2D eigenvalue weighted by atomic mass is 9.94. The summed E-state index contributed by atoms with van der Waals surface area (Å²) in [5.41, 5.74) is 0. The third-order valence-electron chi connectivity index (χ3n) is 3.94. The van der Waals surface area contributed by atoms with Gasteiger partial charge in [0.2, 0.25) is 5.91 Å². The molecule has 0 atom stereocenters. The maximum atomic E-state index is 12.2. The van der Waals surface area contributed by atoms with Crippen LogP contribution in [0.1, 0.15) is 46.5 Å². The lowest BCUT2D eigenvalue weighted by Gasteiger charge is -2.34. The molecule has 108 valence electrons. The molecule has 0 radical (unpaired) electrons. The van der Waals surface area contributed by atoms with Gasteiger partial charge in [0.1, 0.15) is 0 Å². The van der Waals surface area contributed by atoms with E-state index in [1.165, 1.54) is 12.8 Å². The van der Waals surface area contributed by atoms with Crippen LogP contribution in [0.3, 0.4) is 0 Å². The van der Waals surface area contributed by atoms with Crippen LogP contribution in [0.25, 0.3) is 0 Å². The number of piperidine rings is 1. The topological polar surface area (TPSA) is 32.3 Å². The van der Waals surface area contributed by atoms with E-state index in [9.17, 15) is 4.79 Å². The molecule has 0 bridgehead atoms. The van der Waals surface area contributed by atoms with E-state index >= 15 is 0 Å². The number of amides is 1. The zero-order valence-corrected chi connectivity index (χ0v) is 12.9. The Kier molecular flexibility index (Phi) is 9.47. The SMILES string of the molecule is CCNCC1CCN(C(=O)C(CC)CC)CC1.Cl. The summed E-state index contributed by atoms with van der Waals surface area (Å²) < 4.78 is 0. The smallest absolute Gasteiger partial charge is 0.225 e. The summed E-state index contributed by atoms with van der Waals surface area (Å²) in [5.74, 6) is 1.40. The first-order valence-electron chi connectivity index (χ1n) is 7.22. The maximum absolute atomic E-state index is 12.2. The zero-order valence-electron chi connectivity index (χ0n) is 12.1. The highest BCUT2D eigenvalue weighted by atomic mass is 35.5. The van der Waals surface area contributed by atoms with Gasteiger partial charge in [-0.05, 0) is 44.7 Å². The van der Waals surface area contributed by atoms with Crippen molar-refractivity contribution in [2.75, 3.05) is 26.2 Å². The van der Waals surface area contributed by atoms with Crippen molar-refractivity contribution in [2.45, 2.75) is 46.5 Å². The first-order valence-corrected chi connectivity index (χ1v) is 7.22. The molecule has 4 heteroatoms. The normalized spacial score (nSPS) is 16.8. The van der Waals surface area contributed by atoms with Gasteiger partial charge in [0.05, 0.1) is 0 Å². The highest BCUT2D eigenvalue weighted by Gasteiger charge is 2.25. The van der Waals surface area contributed by atoms with E-state index in [0.717, 1.165) is 44.9 Å². The fraction of sp³-hybridized carbons (Fsp3) is 0.929. The van der Waals surface area contributed by atoms with Gasteiger partial charge >= 0.3 is 0 Å². The Hall–Kier alpha value is -0.280. The van der Waals surface area contributed by atoms with E-state index in [1.54, 1.807) is 0 Å². The average molecular weight is 277 g/mol. The van der Waals surface area contributed by atoms with Crippen LogP contribution >= 0.6 is 12.4 Å². The summed E-state index contributed by atoms with van der Waals surface area (Å²) in [7, 11) is 0. The van der Waals surface area contributed by atoms with Gasteiger partial charge < -0.3 is 10.2 Å². The van der Waals surface area contributed by atoms with Crippen molar-refractivity contribution in [3.8, 4) is 0 Å². The fourth-order valence-corrected chi connectivity index (χ4v) is 2.60. The van der Waals surface area contributed by atoms with Crippen LogP contribution in [0.2, 0.25) is 0 Å². The molecule has 18 heavy (non-hydrogen) atoms. The molecule has 0 aromatic rings. The highest BCUT2D eigenvalue weighted by Crippen LogP contribution is 2.20. The van der Waals surface area contributed by atoms with Gasteiger partial charge in [-0.25, -0.2) is 0 Å². The Bertz CT molecular complexity index is 224. The molecule has 0 unspecified atom stereocenters. The van der Waals surface area contributed by atoms with E-state index in [-0.39, 0.29) is 18.3 Å². The summed E-state index contributed by atoms with van der Waals surface area (Å²) in [4.78, 5) is 14.3. The third-order valence-corrected chi connectivity index (χ3v) is 3.94. The predicted molar refractivity (Wildman–Crippen MR) is 79.2 cm³/mol. The number of nitrogens with one attached hydrogen (secondary N) is 1. The largest absolute Gasteiger partial charge is 0.342 e. The number of hydrogen-bond donors (Lipinski definition) is 1. The molecule has 0 aromatic carbocycles. The van der Waals surface area contributed by atoms with Crippen LogP contribution in [-0.4, -0.2) is 37.0 Å². The summed E-state index contributed by atoms with van der Waals surface area (Å²) in [6.07, 6.45) is 4.29. The number of nitrogens with zero attached hydrogens (tertiary/aromatic N) is 1. The van der Waals surface area contributed by atoms with E-state index in [0.29, 0.717) is 5.91 Å². The molecule has 0 aliphatic carbocycles. The Balaban J connectivity index is 0.00000289. The molecule has 1 rings (SSSR count). The molecule has 1 aliphatic rings. The lowest BCUT2D eigenvalue weighted by Crippen LogP contribution is -2.43. The second-order valence-electron chi connectivity index (χ2n) is 5.09. The van der Waals surface area contributed by atoms with Gasteiger partial charge in [-0.15, -0.1) is 12.4 Å². The Morgan fingerprint density at radius 1 is 1.22 bits per heavy atom. The number of likely N-dealkylation sites (tertiary alicyclic amines) is 1. The monoisotopic (exact) mass is 276 g/mol. The van der Waals surface area contributed by atoms with Gasteiger partial charge in [0.15, 0.2) is 0 Å². The molecule has 1 N–H and O–H groups in total. The molecule has 0 saturated carbocycles. The van der Waals surface area contributed by atoms with Gasteiger partial charge in [0, 0.05) is 19.0 Å². The van der Waals surface area contributed by atoms with Crippen LogP contribution in [-0.2, 0) is 4.79 Å². The molecule has 3 nitrogen and oxygen atoms in total. The first kappa shape index (κ1) is 17.7. The number of rotatable bonds is 6. The minimum Gasteiger partial charge on any atom is -0.342 e. The minimum atomic E-state index is 0. The minimum absolute atomic E-state index is 0. The molecule has 1 fully saturated rings. The number of hydrogen-bond acceptors (Lipinski definition) is 2. The Morgan fingerprint density at radius 2 is 1.78 bits per heavy atom. The summed E-state index contributed by atoms with van der Waals surface area (Å²) in [6, 6.07) is 0. The van der Waals surface area contributed by atoms with Gasteiger partial charge in [-0.2, -0.15) is 0 Å². The van der Waals surface area contributed by atoms with Crippen molar-refractivity contribution < 1.29 is 4.79 Å². The summed E-state index contributed by atoms with van der Waals surface area (Å²) in [6.45, 7) is 10.5. The highest BCUT2D eigenvalue weighted by molar-refractivity contribution is 5.85. The standard InChI is InChI=1S/C14H28N2O.ClH/c1-4-13(5-2)14(17)16-9-7-12(8-10-16)11-15-6-3;/h12-13,15H,4-11H2,1-3H3;1H. The molecular weight excluding hydrogens is 248 g/mol. The second kappa shape index (κ2) is 9.62. The van der Waals surface area contributed by atoms with E-state index in [1.807, 2.05) is 0 Å². The molecule has 1 saturated heterocycles. The van der Waals surface area contributed by atoms with Crippen LogP contribution in [0.15, 0.2) is 0 Å². The van der Waals surface area contributed by atoms with E-state index in [2.05, 4.69) is 31.0 Å². The molecule has 1 heterocycles. The van der Waals surface area contributed by atoms with Crippen LogP contribution in [0, 0.1) is 11.8 Å². The Labute approximate surface area is 118 Å². The van der Waals surface area contributed by atoms with E-state index in [4.69, 9.17) is 0 Å². The summed E-state index contributed by atoms with van der Waals surface area (Å²) >= 11 is 0. The van der Waals surface area contributed by atoms with Crippen molar-refractivity contribution >= 4 is 18.3 Å². The zero-order chi connectivity index (χ0) is 12.7. The summed E-state index contributed by atoms with van der Waals surface area (Å²) in [5, 5.41) is 3.40. The van der Waals surface area contributed by atoms with Crippen molar-refractivity contribution in [3.63, 3.8) is 0 Å². The number of halogens is 1. The quantitative estimate of drug-likeness (QED) is 0.809. The van der Waals surface area contributed by atoms with Gasteiger partial charge in [-0.3, -0.25) is 4.79 Å². The molecule has 1 amide bonds. The van der Waals surface area contributed by atoms with Crippen molar-refractivity contribution in [1.82, 2.24) is 10.2 Å². The second-order valence-corrected chi connectivity index (χ2v) is 5.09. The lowest BCUT2D eigenvalue weighted by molar-refractivity contribution is -0.137. The van der Waals surface area contributed by atoms with Gasteiger partial charge in [-0.1, -0.05) is 20.8 Å². The van der Waals surface area contributed by atoms with Crippen molar-refractivity contribution in [1.29, 1.82) is 0 Å². The molecule has 0 spiro atoms. The van der Waals surface area contributed by atoms with Crippen LogP contribution in [0.4, 0.5) is 0 Å². The van der Waals surface area contributed by atoms with E-state index < -0.39 is 0 Å². The fourth-order valence-electron chi connectivity index (χ4n) is 2.60. The molecule has 1 aliphatic heterocycles. The molecule has 0 aromatic heterocycles. The van der Waals surface area contributed by atoms with Crippen LogP contribution in [0.5, 0.6) is 0 Å². The van der Waals surface area contributed by atoms with Crippen molar-refractivity contribution in [2.24, 2.45) is 11.8 Å². The first-order chi connectivity index (χ1) is 8.22. The predicted octanol–water partition coefficient (Wildman–Crippen LogP) is 2.69. The van der Waals surface area contributed by atoms with Crippen molar-refractivity contribution in [3.05, 3.63) is 0 Å². The maximum Gasteiger partial charge on any atom is 0.225 e. The number of carbonyl (C=O) groups is 1. The number of carbonyl (C=O) groups excluding carboxylic acids is 1. The average Bonchev–Trinajstić information content (AvgIpc) is 2.38.